The van der Waals surface area contributed by atoms with Crippen LogP contribution in [-0.4, -0.2) is 72.3 Å². The van der Waals surface area contributed by atoms with Crippen molar-refractivity contribution in [2.45, 2.75) is 12.1 Å². The number of hydrogen-bond acceptors (Lipinski definition) is 3. The van der Waals surface area contributed by atoms with Crippen molar-refractivity contribution in [2.24, 2.45) is 0 Å². The van der Waals surface area contributed by atoms with Crippen LogP contribution < -0.4 is 0 Å². The van der Waals surface area contributed by atoms with Crippen molar-refractivity contribution in [1.29, 1.82) is 0 Å². The molecule has 0 amide bonds. The molecule has 0 aliphatic carbocycles. The van der Waals surface area contributed by atoms with E-state index in [2.05, 4.69) is 11.2 Å². The Morgan fingerprint density at radius 2 is 1.73 bits per heavy atom. The van der Waals surface area contributed by atoms with Gasteiger partial charge >= 0.3 is 8.80 Å². The Labute approximate surface area is 92.6 Å². The minimum atomic E-state index is -2.50. The average Bonchev–Trinajstić information content (AvgIpc) is 2.21. The monoisotopic (exact) mass is 233 g/mol. The normalized spacial score (nSPS) is 21.1. The van der Waals surface area contributed by atoms with Crippen molar-refractivity contribution in [3.05, 3.63) is 0 Å². The summed E-state index contributed by atoms with van der Waals surface area (Å²) in [4.78, 5) is 2.21. The van der Waals surface area contributed by atoms with E-state index in [4.69, 9.17) is 13.3 Å². The summed E-state index contributed by atoms with van der Waals surface area (Å²) in [5.74, 6) is 0. The quantitative estimate of drug-likeness (QED) is 0.284. The molecule has 88 valence electrons. The highest BCUT2D eigenvalue weighted by Crippen LogP contribution is 2.26. The predicted molar refractivity (Wildman–Crippen MR) is 60.1 cm³/mol. The molecule has 1 fully saturated rings. The second kappa shape index (κ2) is 5.07. The third-order valence-electron chi connectivity index (χ3n) is 2.70. The SMILES string of the molecule is CO[Si](OC)(OC)C1CCN1C=[N+](C)C. The van der Waals surface area contributed by atoms with Gasteiger partial charge in [-0.05, 0) is 0 Å². The van der Waals surface area contributed by atoms with E-state index >= 15 is 0 Å². The van der Waals surface area contributed by atoms with E-state index in [9.17, 15) is 0 Å². The van der Waals surface area contributed by atoms with E-state index in [-0.39, 0.29) is 5.67 Å². The number of nitrogens with zero attached hydrogens (tertiary/aromatic N) is 2. The molecular formula is C9H21N2O3Si+. The van der Waals surface area contributed by atoms with Crippen molar-refractivity contribution >= 4 is 15.1 Å². The Hall–Kier alpha value is -0.433. The standard InChI is InChI=1S/C9H21N2O3Si/c1-10(2)8-11-7-6-9(11)15(12-3,13-4)14-5/h8-9H,6-7H2,1-5H3/q+1. The van der Waals surface area contributed by atoms with Crippen molar-refractivity contribution in [3.8, 4) is 0 Å². The van der Waals surface area contributed by atoms with Gasteiger partial charge in [-0.25, -0.2) is 0 Å². The Morgan fingerprint density at radius 1 is 1.20 bits per heavy atom. The molecule has 1 aliphatic heterocycles. The van der Waals surface area contributed by atoms with Crippen molar-refractivity contribution in [3.63, 3.8) is 0 Å². The minimum Gasteiger partial charge on any atom is -0.374 e. The molecule has 0 N–H and O–H groups in total. The first-order valence-corrected chi connectivity index (χ1v) is 6.82. The highest BCUT2D eigenvalue weighted by atomic mass is 28.4. The topological polar surface area (TPSA) is 33.9 Å². The number of hydrogen-bond donors (Lipinski definition) is 0. The molecule has 1 atom stereocenters. The number of likely N-dealkylation sites (tertiary alicyclic amines) is 1. The fourth-order valence-corrected chi connectivity index (χ4v) is 4.28. The number of rotatable bonds is 5. The van der Waals surface area contributed by atoms with Gasteiger partial charge in [-0.2, -0.15) is 0 Å². The molecule has 15 heavy (non-hydrogen) atoms. The lowest BCUT2D eigenvalue weighted by Crippen LogP contribution is -2.67. The smallest absolute Gasteiger partial charge is 0.374 e. The lowest BCUT2D eigenvalue weighted by atomic mass is 10.2. The molecule has 1 rings (SSSR count). The Bertz CT molecular complexity index is 231. The molecule has 0 spiro atoms. The van der Waals surface area contributed by atoms with E-state index in [1.807, 2.05) is 18.7 Å². The fourth-order valence-electron chi connectivity index (χ4n) is 1.88. The van der Waals surface area contributed by atoms with Gasteiger partial charge in [0.25, 0.3) is 0 Å². The zero-order valence-corrected chi connectivity index (χ0v) is 11.2. The summed E-state index contributed by atoms with van der Waals surface area (Å²) in [5, 5.41) is 0. The zero-order valence-electron chi connectivity index (χ0n) is 10.2. The van der Waals surface area contributed by atoms with Crippen LogP contribution in [0.25, 0.3) is 0 Å². The average molecular weight is 233 g/mol. The lowest BCUT2D eigenvalue weighted by molar-refractivity contribution is -0.465. The fraction of sp³-hybridized carbons (Fsp3) is 0.889. The summed E-state index contributed by atoms with van der Waals surface area (Å²) in [6.45, 7) is 1.04. The van der Waals surface area contributed by atoms with Gasteiger partial charge in [0.2, 0.25) is 6.34 Å². The summed E-state index contributed by atoms with van der Waals surface area (Å²) >= 11 is 0. The molecule has 0 bridgehead atoms. The van der Waals surface area contributed by atoms with E-state index in [1.165, 1.54) is 0 Å². The van der Waals surface area contributed by atoms with Crippen molar-refractivity contribution in [1.82, 2.24) is 4.90 Å². The predicted octanol–water partition coefficient (Wildman–Crippen LogP) is -0.222. The van der Waals surface area contributed by atoms with Crippen LogP contribution in [0, 0.1) is 0 Å². The molecule has 6 heteroatoms. The maximum absolute atomic E-state index is 5.47. The first kappa shape index (κ1) is 12.6. The van der Waals surface area contributed by atoms with Gasteiger partial charge in [-0.3, -0.25) is 9.48 Å². The molecule has 1 saturated heterocycles. The third-order valence-corrected chi connectivity index (χ3v) is 5.85. The summed E-state index contributed by atoms with van der Waals surface area (Å²) in [6.07, 6.45) is 3.12. The highest BCUT2D eigenvalue weighted by molar-refractivity contribution is 6.62. The maximum Gasteiger partial charge on any atom is 0.547 e. The molecule has 0 aromatic rings. The van der Waals surface area contributed by atoms with Crippen LogP contribution in [-0.2, 0) is 13.3 Å². The molecule has 0 aromatic heterocycles. The Morgan fingerprint density at radius 3 is 2.00 bits per heavy atom. The van der Waals surface area contributed by atoms with Gasteiger partial charge in [0.1, 0.15) is 0 Å². The van der Waals surface area contributed by atoms with Crippen LogP contribution in [0.15, 0.2) is 0 Å². The Kier molecular flexibility index (Phi) is 4.27. The summed E-state index contributed by atoms with van der Waals surface area (Å²) < 4.78 is 18.4. The molecule has 0 saturated carbocycles. The maximum atomic E-state index is 5.47. The first-order chi connectivity index (χ1) is 7.09. The highest BCUT2D eigenvalue weighted by Gasteiger charge is 2.58. The molecule has 1 aliphatic rings. The van der Waals surface area contributed by atoms with Gasteiger partial charge < -0.3 is 13.3 Å². The third kappa shape index (κ3) is 2.39. The lowest BCUT2D eigenvalue weighted by Gasteiger charge is -2.40. The summed E-state index contributed by atoms with van der Waals surface area (Å²) in [7, 11) is 6.49. The van der Waals surface area contributed by atoms with Crippen LogP contribution in [0.5, 0.6) is 0 Å². The van der Waals surface area contributed by atoms with Crippen LogP contribution >= 0.6 is 0 Å². The van der Waals surface area contributed by atoms with E-state index in [0.717, 1.165) is 13.0 Å². The summed E-state index contributed by atoms with van der Waals surface area (Å²) in [6, 6.07) is 0. The zero-order chi connectivity index (χ0) is 11.5. The first-order valence-electron chi connectivity index (χ1n) is 5.02. The van der Waals surface area contributed by atoms with E-state index in [1.54, 1.807) is 21.3 Å². The molecule has 0 aromatic carbocycles. The minimum absolute atomic E-state index is 0.250. The molecule has 1 unspecified atom stereocenters. The van der Waals surface area contributed by atoms with Crippen LogP contribution in [0.4, 0.5) is 0 Å². The van der Waals surface area contributed by atoms with Gasteiger partial charge in [-0.15, -0.1) is 0 Å². The van der Waals surface area contributed by atoms with Gasteiger partial charge in [0.05, 0.1) is 20.6 Å². The molecule has 5 nitrogen and oxygen atoms in total. The van der Waals surface area contributed by atoms with E-state index < -0.39 is 8.80 Å². The van der Waals surface area contributed by atoms with Crippen LogP contribution in [0.2, 0.25) is 0 Å². The molecular weight excluding hydrogens is 212 g/mol. The van der Waals surface area contributed by atoms with Crippen LogP contribution in [0.1, 0.15) is 6.42 Å². The Balaban J connectivity index is 2.74. The summed E-state index contributed by atoms with van der Waals surface area (Å²) in [5.41, 5.74) is 0.250. The largest absolute Gasteiger partial charge is 0.547 e. The van der Waals surface area contributed by atoms with Gasteiger partial charge in [-0.1, -0.05) is 0 Å². The van der Waals surface area contributed by atoms with Gasteiger partial charge in [0, 0.05) is 27.8 Å². The van der Waals surface area contributed by atoms with E-state index in [0.29, 0.717) is 0 Å². The second-order valence-electron chi connectivity index (χ2n) is 3.84. The molecule has 0 radical (unpaired) electrons. The van der Waals surface area contributed by atoms with Crippen LogP contribution in [0.3, 0.4) is 0 Å². The van der Waals surface area contributed by atoms with Crippen molar-refractivity contribution < 1.29 is 17.9 Å². The van der Waals surface area contributed by atoms with Gasteiger partial charge in [0.15, 0.2) is 5.67 Å². The molecule has 1 heterocycles. The second-order valence-corrected chi connectivity index (χ2v) is 6.94. The van der Waals surface area contributed by atoms with Crippen molar-refractivity contribution in [2.75, 3.05) is 42.0 Å².